The van der Waals surface area contributed by atoms with Crippen LogP contribution in [0.5, 0.6) is 0 Å². The molecule has 80 valence electrons. The highest BCUT2D eigenvalue weighted by Crippen LogP contribution is 1.93. The van der Waals surface area contributed by atoms with Crippen molar-refractivity contribution in [2.75, 3.05) is 6.54 Å². The van der Waals surface area contributed by atoms with Crippen LogP contribution in [0.3, 0.4) is 0 Å². The number of amides is 1. The van der Waals surface area contributed by atoms with Gasteiger partial charge in [-0.1, -0.05) is 12.2 Å². The first-order valence-electron chi connectivity index (χ1n) is 4.87. The van der Waals surface area contributed by atoms with Crippen molar-refractivity contribution in [1.82, 2.24) is 10.6 Å². The molecule has 2 unspecified atom stereocenters. The third-order valence-electron chi connectivity index (χ3n) is 1.87. The van der Waals surface area contributed by atoms with Gasteiger partial charge in [-0.25, -0.2) is 0 Å². The zero-order chi connectivity index (χ0) is 11.0. The van der Waals surface area contributed by atoms with Crippen molar-refractivity contribution in [3.8, 4) is 0 Å². The standard InChI is InChI=1S/C11H20N2O/c1-5-7-9(3)13-10(4)11(14)12-8-6-2/h5-6,9-10,13H,1-2,7-8H2,3-4H3,(H,12,14). The normalized spacial score (nSPS) is 14.1. The molecule has 0 aliphatic heterocycles. The average molecular weight is 196 g/mol. The molecule has 3 heteroatoms. The molecule has 3 nitrogen and oxygen atoms in total. The fourth-order valence-corrected chi connectivity index (χ4v) is 1.15. The second-order valence-electron chi connectivity index (χ2n) is 3.35. The van der Waals surface area contributed by atoms with Crippen molar-refractivity contribution < 1.29 is 4.79 Å². The summed E-state index contributed by atoms with van der Waals surface area (Å²) in [6.07, 6.45) is 4.36. The average Bonchev–Trinajstić information content (AvgIpc) is 2.14. The Kier molecular flexibility index (Phi) is 6.76. The van der Waals surface area contributed by atoms with Gasteiger partial charge >= 0.3 is 0 Å². The first-order chi connectivity index (χ1) is 6.61. The summed E-state index contributed by atoms with van der Waals surface area (Å²) in [5.41, 5.74) is 0. The summed E-state index contributed by atoms with van der Waals surface area (Å²) in [6, 6.07) is 0.0990. The van der Waals surface area contributed by atoms with Crippen LogP contribution in [0.2, 0.25) is 0 Å². The first-order valence-corrected chi connectivity index (χ1v) is 4.87. The van der Waals surface area contributed by atoms with Crippen LogP contribution in [0.15, 0.2) is 25.3 Å². The maximum Gasteiger partial charge on any atom is 0.237 e. The van der Waals surface area contributed by atoms with E-state index in [0.29, 0.717) is 6.54 Å². The second-order valence-corrected chi connectivity index (χ2v) is 3.35. The van der Waals surface area contributed by atoms with Crippen LogP contribution < -0.4 is 10.6 Å². The summed E-state index contributed by atoms with van der Waals surface area (Å²) in [7, 11) is 0. The number of carbonyl (C=O) groups excluding carboxylic acids is 1. The molecule has 0 aromatic heterocycles. The minimum absolute atomic E-state index is 0.000752. The second kappa shape index (κ2) is 7.33. The molecule has 0 radical (unpaired) electrons. The monoisotopic (exact) mass is 196 g/mol. The number of rotatable bonds is 7. The molecule has 0 rings (SSSR count). The molecule has 0 spiro atoms. The van der Waals surface area contributed by atoms with Gasteiger partial charge in [0.25, 0.3) is 0 Å². The Morgan fingerprint density at radius 3 is 2.50 bits per heavy atom. The van der Waals surface area contributed by atoms with Gasteiger partial charge in [-0.2, -0.15) is 0 Å². The number of hydrogen-bond acceptors (Lipinski definition) is 2. The van der Waals surface area contributed by atoms with Gasteiger partial charge in [0, 0.05) is 12.6 Å². The molecule has 0 bridgehead atoms. The fraction of sp³-hybridized carbons (Fsp3) is 0.545. The van der Waals surface area contributed by atoms with E-state index in [4.69, 9.17) is 0 Å². The maximum absolute atomic E-state index is 11.4. The van der Waals surface area contributed by atoms with E-state index in [1.807, 2.05) is 19.9 Å². The van der Waals surface area contributed by atoms with Crippen molar-refractivity contribution in [3.63, 3.8) is 0 Å². The van der Waals surface area contributed by atoms with Crippen molar-refractivity contribution in [2.24, 2.45) is 0 Å². The minimum atomic E-state index is -0.176. The summed E-state index contributed by atoms with van der Waals surface area (Å²) >= 11 is 0. The van der Waals surface area contributed by atoms with Crippen LogP contribution in [0.4, 0.5) is 0 Å². The van der Waals surface area contributed by atoms with Gasteiger partial charge in [0.05, 0.1) is 6.04 Å². The van der Waals surface area contributed by atoms with Crippen LogP contribution in [-0.2, 0) is 4.79 Å². The Labute approximate surface area is 86.3 Å². The van der Waals surface area contributed by atoms with Gasteiger partial charge in [0.1, 0.15) is 0 Å². The largest absolute Gasteiger partial charge is 0.351 e. The van der Waals surface area contributed by atoms with Gasteiger partial charge in [-0.15, -0.1) is 13.2 Å². The third-order valence-corrected chi connectivity index (χ3v) is 1.87. The highest BCUT2D eigenvalue weighted by Gasteiger charge is 2.13. The van der Waals surface area contributed by atoms with Crippen molar-refractivity contribution >= 4 is 5.91 Å². The molecular weight excluding hydrogens is 176 g/mol. The van der Waals surface area contributed by atoms with E-state index < -0.39 is 0 Å². The van der Waals surface area contributed by atoms with E-state index in [0.717, 1.165) is 6.42 Å². The minimum Gasteiger partial charge on any atom is -0.351 e. The van der Waals surface area contributed by atoms with Crippen molar-refractivity contribution in [3.05, 3.63) is 25.3 Å². The van der Waals surface area contributed by atoms with Crippen LogP contribution >= 0.6 is 0 Å². The van der Waals surface area contributed by atoms with Crippen LogP contribution in [0.1, 0.15) is 20.3 Å². The number of nitrogens with one attached hydrogen (secondary N) is 2. The topological polar surface area (TPSA) is 41.1 Å². The Bertz CT molecular complexity index is 201. The molecule has 0 heterocycles. The van der Waals surface area contributed by atoms with E-state index in [9.17, 15) is 4.79 Å². The summed E-state index contributed by atoms with van der Waals surface area (Å²) in [5, 5.41) is 5.91. The highest BCUT2D eigenvalue weighted by atomic mass is 16.2. The molecule has 0 aromatic carbocycles. The van der Waals surface area contributed by atoms with E-state index in [1.54, 1.807) is 6.08 Å². The lowest BCUT2D eigenvalue weighted by Gasteiger charge is -2.17. The summed E-state index contributed by atoms with van der Waals surface area (Å²) in [6.45, 7) is 11.6. The maximum atomic E-state index is 11.4. The Morgan fingerprint density at radius 1 is 1.36 bits per heavy atom. The SMILES string of the molecule is C=CCNC(=O)C(C)NC(C)CC=C. The quantitative estimate of drug-likeness (QED) is 0.601. The molecule has 2 atom stereocenters. The van der Waals surface area contributed by atoms with Gasteiger partial charge in [-0.05, 0) is 20.3 Å². The fourth-order valence-electron chi connectivity index (χ4n) is 1.15. The number of carbonyl (C=O) groups is 1. The lowest BCUT2D eigenvalue weighted by Crippen LogP contribution is -2.45. The Hall–Kier alpha value is -1.09. The molecule has 14 heavy (non-hydrogen) atoms. The molecule has 0 aliphatic rings. The molecule has 1 amide bonds. The third kappa shape index (κ3) is 5.54. The van der Waals surface area contributed by atoms with Crippen LogP contribution in [0.25, 0.3) is 0 Å². The predicted octanol–water partition coefficient (Wildman–Crippen LogP) is 1.23. The molecule has 0 saturated carbocycles. The van der Waals surface area contributed by atoms with Crippen LogP contribution in [0, 0.1) is 0 Å². The van der Waals surface area contributed by atoms with E-state index in [-0.39, 0.29) is 18.0 Å². The van der Waals surface area contributed by atoms with Gasteiger partial charge in [0.15, 0.2) is 0 Å². The molecule has 0 saturated heterocycles. The molecule has 2 N–H and O–H groups in total. The summed E-state index contributed by atoms with van der Waals surface area (Å²) in [5.74, 6) is 0.000752. The first kappa shape index (κ1) is 12.9. The Morgan fingerprint density at radius 2 is 2.00 bits per heavy atom. The highest BCUT2D eigenvalue weighted by molar-refractivity contribution is 5.81. The van der Waals surface area contributed by atoms with Gasteiger partial charge < -0.3 is 10.6 Å². The summed E-state index contributed by atoms with van der Waals surface area (Å²) < 4.78 is 0. The van der Waals surface area contributed by atoms with Crippen molar-refractivity contribution in [1.29, 1.82) is 0 Å². The lowest BCUT2D eigenvalue weighted by atomic mass is 10.2. The predicted molar refractivity (Wildman–Crippen MR) is 60.1 cm³/mol. The lowest BCUT2D eigenvalue weighted by molar-refractivity contribution is -0.122. The molecular formula is C11H20N2O. The smallest absolute Gasteiger partial charge is 0.237 e. The van der Waals surface area contributed by atoms with Gasteiger partial charge in [-0.3, -0.25) is 4.79 Å². The summed E-state index contributed by atoms with van der Waals surface area (Å²) in [4.78, 5) is 11.4. The molecule has 0 aliphatic carbocycles. The van der Waals surface area contributed by atoms with E-state index in [1.165, 1.54) is 0 Å². The number of hydrogen-bond donors (Lipinski definition) is 2. The Balaban J connectivity index is 3.81. The van der Waals surface area contributed by atoms with Crippen molar-refractivity contribution in [2.45, 2.75) is 32.4 Å². The zero-order valence-corrected chi connectivity index (χ0v) is 9.05. The van der Waals surface area contributed by atoms with Crippen LogP contribution in [-0.4, -0.2) is 24.5 Å². The zero-order valence-electron chi connectivity index (χ0n) is 9.05. The van der Waals surface area contributed by atoms with E-state index in [2.05, 4.69) is 23.8 Å². The molecule has 0 aromatic rings. The van der Waals surface area contributed by atoms with Gasteiger partial charge in [0.2, 0.25) is 5.91 Å². The molecule has 0 fully saturated rings. The van der Waals surface area contributed by atoms with E-state index >= 15 is 0 Å².